The molecule has 1 aliphatic rings. The van der Waals surface area contributed by atoms with Gasteiger partial charge in [-0.3, -0.25) is 14.5 Å². The lowest BCUT2D eigenvalue weighted by molar-refractivity contribution is -0.128. The van der Waals surface area contributed by atoms with Gasteiger partial charge in [0.05, 0.1) is 12.2 Å². The van der Waals surface area contributed by atoms with Crippen molar-refractivity contribution >= 4 is 51.7 Å². The molecule has 8 heteroatoms. The topological polar surface area (TPSA) is 61.8 Å². The highest BCUT2D eigenvalue weighted by Gasteiger charge is 2.39. The zero-order chi connectivity index (χ0) is 22.5. The Bertz CT molecular complexity index is 1140. The summed E-state index contributed by atoms with van der Waals surface area (Å²) in [5, 5.41) is 3.25. The first-order chi connectivity index (χ1) is 15.5. The number of rotatable bonds is 6. The molecule has 1 atom stereocenters. The number of aliphatic imine (C=N–C) groups is 1. The Morgan fingerprint density at radius 1 is 1.03 bits per heavy atom. The third kappa shape index (κ3) is 5.55. The van der Waals surface area contributed by atoms with Crippen LogP contribution in [0.15, 0.2) is 83.9 Å². The van der Waals surface area contributed by atoms with E-state index in [-0.39, 0.29) is 24.1 Å². The minimum atomic E-state index is -0.606. The number of amidine groups is 1. The van der Waals surface area contributed by atoms with Crippen LogP contribution in [-0.4, -0.2) is 27.1 Å². The molecule has 0 bridgehead atoms. The maximum atomic E-state index is 13.2. The van der Waals surface area contributed by atoms with Crippen molar-refractivity contribution in [1.29, 1.82) is 0 Å². The van der Waals surface area contributed by atoms with E-state index in [0.29, 0.717) is 22.4 Å². The van der Waals surface area contributed by atoms with Gasteiger partial charge in [-0.1, -0.05) is 53.7 Å². The smallest absolute Gasteiger partial charge is 0.242 e. The van der Waals surface area contributed by atoms with Crippen molar-refractivity contribution in [2.24, 2.45) is 4.99 Å². The number of benzene rings is 3. The third-order valence-corrected chi connectivity index (χ3v) is 6.18. The number of nitrogens with zero attached hydrogens (tertiary/aromatic N) is 2. The number of nitrogens with one attached hydrogen (secondary N) is 1. The van der Waals surface area contributed by atoms with Gasteiger partial charge >= 0.3 is 0 Å². The Morgan fingerprint density at radius 2 is 1.72 bits per heavy atom. The molecule has 3 aromatic rings. The largest absolute Gasteiger partial charge is 0.326 e. The second-order valence-electron chi connectivity index (χ2n) is 7.15. The summed E-state index contributed by atoms with van der Waals surface area (Å²) in [4.78, 5) is 31.9. The first kappa shape index (κ1) is 22.0. The third-order valence-electron chi connectivity index (χ3n) is 4.75. The molecule has 32 heavy (non-hydrogen) atoms. The van der Waals surface area contributed by atoms with Crippen LogP contribution in [0.2, 0.25) is 5.02 Å². The van der Waals surface area contributed by atoms with Crippen molar-refractivity contribution in [3.63, 3.8) is 0 Å². The number of anilines is 1. The number of amides is 2. The molecule has 0 aromatic heterocycles. The normalized spacial score (nSPS) is 17.1. The molecule has 3 aromatic carbocycles. The van der Waals surface area contributed by atoms with Crippen molar-refractivity contribution in [2.45, 2.75) is 18.2 Å². The second kappa shape index (κ2) is 9.97. The molecule has 2 amide bonds. The Hall–Kier alpha value is -3.16. The molecule has 0 spiro atoms. The molecule has 1 aliphatic heterocycles. The second-order valence-corrected chi connectivity index (χ2v) is 8.75. The van der Waals surface area contributed by atoms with Crippen LogP contribution in [0.25, 0.3) is 0 Å². The van der Waals surface area contributed by atoms with Crippen LogP contribution in [0.3, 0.4) is 0 Å². The molecular formula is C24H19ClFN3O2S. The minimum Gasteiger partial charge on any atom is -0.326 e. The number of para-hydroxylation sites is 1. The molecule has 1 unspecified atom stereocenters. The van der Waals surface area contributed by atoms with E-state index in [1.165, 1.54) is 36.0 Å². The lowest BCUT2D eigenvalue weighted by atomic mass is 10.2. The summed E-state index contributed by atoms with van der Waals surface area (Å²) >= 11 is 7.24. The maximum Gasteiger partial charge on any atom is 0.242 e. The van der Waals surface area contributed by atoms with Crippen LogP contribution in [0.4, 0.5) is 15.8 Å². The van der Waals surface area contributed by atoms with Gasteiger partial charge in [-0.2, -0.15) is 0 Å². The van der Waals surface area contributed by atoms with Crippen LogP contribution in [0.1, 0.15) is 12.0 Å². The van der Waals surface area contributed by atoms with E-state index in [1.807, 2.05) is 42.5 Å². The first-order valence-electron chi connectivity index (χ1n) is 9.89. The fraction of sp³-hybridized carbons (Fsp3) is 0.125. The highest BCUT2D eigenvalue weighted by atomic mass is 35.5. The molecule has 1 N–H and O–H groups in total. The fourth-order valence-corrected chi connectivity index (χ4v) is 4.45. The van der Waals surface area contributed by atoms with E-state index in [9.17, 15) is 14.0 Å². The predicted molar refractivity (Wildman–Crippen MR) is 127 cm³/mol. The van der Waals surface area contributed by atoms with Crippen molar-refractivity contribution in [2.75, 3.05) is 5.32 Å². The van der Waals surface area contributed by atoms with E-state index < -0.39 is 5.25 Å². The van der Waals surface area contributed by atoms with E-state index in [2.05, 4.69) is 10.3 Å². The van der Waals surface area contributed by atoms with Gasteiger partial charge in [-0.15, -0.1) is 0 Å². The Kier molecular flexibility index (Phi) is 6.87. The van der Waals surface area contributed by atoms with Crippen LogP contribution in [-0.2, 0) is 16.1 Å². The van der Waals surface area contributed by atoms with Crippen molar-refractivity contribution in [1.82, 2.24) is 4.90 Å². The van der Waals surface area contributed by atoms with Gasteiger partial charge in [0.25, 0.3) is 0 Å². The summed E-state index contributed by atoms with van der Waals surface area (Å²) in [6.07, 6.45) is -0.0220. The molecular weight excluding hydrogens is 449 g/mol. The van der Waals surface area contributed by atoms with Crippen molar-refractivity contribution in [3.8, 4) is 0 Å². The maximum absolute atomic E-state index is 13.2. The van der Waals surface area contributed by atoms with Gasteiger partial charge < -0.3 is 5.32 Å². The van der Waals surface area contributed by atoms with Gasteiger partial charge in [-0.25, -0.2) is 9.38 Å². The lowest BCUT2D eigenvalue weighted by Crippen LogP contribution is -2.33. The van der Waals surface area contributed by atoms with Crippen LogP contribution in [0, 0.1) is 5.82 Å². The van der Waals surface area contributed by atoms with Crippen molar-refractivity contribution < 1.29 is 14.0 Å². The lowest BCUT2D eigenvalue weighted by Gasteiger charge is -2.16. The molecule has 4 rings (SSSR count). The van der Waals surface area contributed by atoms with Gasteiger partial charge in [0.2, 0.25) is 11.8 Å². The number of carbonyl (C=O) groups is 2. The van der Waals surface area contributed by atoms with Crippen LogP contribution < -0.4 is 5.32 Å². The van der Waals surface area contributed by atoms with Crippen molar-refractivity contribution in [3.05, 3.63) is 95.3 Å². The fourth-order valence-electron chi connectivity index (χ4n) is 3.17. The molecule has 1 fully saturated rings. The number of halogens is 2. The zero-order valence-electron chi connectivity index (χ0n) is 16.9. The Balaban J connectivity index is 1.52. The Labute approximate surface area is 194 Å². The molecule has 0 saturated carbocycles. The summed E-state index contributed by atoms with van der Waals surface area (Å²) in [6.45, 7) is 0.324. The van der Waals surface area contributed by atoms with E-state index >= 15 is 0 Å². The molecule has 1 saturated heterocycles. The quantitative estimate of drug-likeness (QED) is 0.510. The van der Waals surface area contributed by atoms with Gasteiger partial charge in [0, 0.05) is 17.1 Å². The number of carbonyl (C=O) groups excluding carboxylic acids is 2. The van der Waals surface area contributed by atoms with Gasteiger partial charge in [0.15, 0.2) is 5.17 Å². The van der Waals surface area contributed by atoms with Gasteiger partial charge in [0.1, 0.15) is 11.1 Å². The average Bonchev–Trinajstić information content (AvgIpc) is 3.06. The van der Waals surface area contributed by atoms with E-state index in [4.69, 9.17) is 11.6 Å². The first-order valence-corrected chi connectivity index (χ1v) is 11.2. The number of hydrogen-bond donors (Lipinski definition) is 1. The highest BCUT2D eigenvalue weighted by Crippen LogP contribution is 2.33. The standard InChI is InChI=1S/C24H19ClFN3O2S/c25-17-8-6-16(7-9-17)15-29-23(31)21(32-24(29)28-19-4-2-1-3-5-19)14-22(30)27-20-12-10-18(26)11-13-20/h1-13,21H,14-15H2,(H,27,30). The summed E-state index contributed by atoms with van der Waals surface area (Å²) in [5.74, 6) is -0.895. The summed E-state index contributed by atoms with van der Waals surface area (Å²) in [5.41, 5.74) is 2.10. The van der Waals surface area contributed by atoms with E-state index in [0.717, 1.165) is 11.3 Å². The zero-order valence-corrected chi connectivity index (χ0v) is 18.4. The summed E-state index contributed by atoms with van der Waals surface area (Å²) < 4.78 is 13.1. The SMILES string of the molecule is O=C(CC1SC(=Nc2ccccc2)N(Cc2ccc(Cl)cc2)C1=O)Nc1ccc(F)cc1. The van der Waals surface area contributed by atoms with Gasteiger partial charge in [-0.05, 0) is 54.1 Å². The predicted octanol–water partition coefficient (Wildman–Crippen LogP) is 5.64. The molecule has 0 radical (unpaired) electrons. The highest BCUT2D eigenvalue weighted by molar-refractivity contribution is 8.15. The summed E-state index contributed by atoms with van der Waals surface area (Å²) in [6, 6.07) is 22.1. The minimum absolute atomic E-state index is 0.0220. The van der Waals surface area contributed by atoms with E-state index in [1.54, 1.807) is 17.0 Å². The molecule has 5 nitrogen and oxygen atoms in total. The molecule has 162 valence electrons. The number of hydrogen-bond acceptors (Lipinski definition) is 4. The average molecular weight is 468 g/mol. The molecule has 0 aliphatic carbocycles. The Morgan fingerprint density at radius 3 is 2.41 bits per heavy atom. The summed E-state index contributed by atoms with van der Waals surface area (Å²) in [7, 11) is 0. The molecule has 1 heterocycles. The van der Waals surface area contributed by atoms with Crippen LogP contribution >= 0.6 is 23.4 Å². The van der Waals surface area contributed by atoms with Crippen LogP contribution in [0.5, 0.6) is 0 Å². The monoisotopic (exact) mass is 467 g/mol. The number of thioether (sulfide) groups is 1.